The Labute approximate surface area is 95.9 Å². The molecule has 0 bridgehead atoms. The van der Waals surface area contributed by atoms with Crippen molar-refractivity contribution in [2.45, 2.75) is 18.1 Å². The number of aromatic nitrogens is 5. The molecule has 86 valence electrons. The predicted octanol–water partition coefficient (Wildman–Crippen LogP) is 0.538. The third-order valence-corrected chi connectivity index (χ3v) is 3.05. The molecule has 0 fully saturated rings. The first-order valence-electron chi connectivity index (χ1n) is 4.34. The van der Waals surface area contributed by atoms with Crippen molar-refractivity contribution < 1.29 is 8.42 Å². The van der Waals surface area contributed by atoms with E-state index in [9.17, 15) is 8.42 Å². The molecule has 0 aromatic carbocycles. The summed E-state index contributed by atoms with van der Waals surface area (Å²) in [6.07, 6.45) is 3.36. The molecule has 0 radical (unpaired) electrons. The van der Waals surface area contributed by atoms with E-state index in [-0.39, 0.29) is 6.04 Å². The maximum Gasteiger partial charge on any atom is 0.298 e. The van der Waals surface area contributed by atoms with Crippen LogP contribution in [0.4, 0.5) is 0 Å². The van der Waals surface area contributed by atoms with E-state index >= 15 is 0 Å². The van der Waals surface area contributed by atoms with Gasteiger partial charge in [-0.15, -0.1) is 5.10 Å². The summed E-state index contributed by atoms with van der Waals surface area (Å²) in [4.78, 5) is 3.79. The fourth-order valence-electron chi connectivity index (χ4n) is 1.19. The highest BCUT2D eigenvalue weighted by Gasteiger charge is 2.20. The average molecular weight is 262 g/mol. The van der Waals surface area contributed by atoms with Crippen LogP contribution in [0, 0.1) is 0 Å². The van der Waals surface area contributed by atoms with Crippen LogP contribution in [0.2, 0.25) is 0 Å². The van der Waals surface area contributed by atoms with Crippen molar-refractivity contribution >= 4 is 19.7 Å². The molecule has 1 N–H and O–H groups in total. The first-order valence-corrected chi connectivity index (χ1v) is 6.65. The van der Waals surface area contributed by atoms with Crippen molar-refractivity contribution in [3.8, 4) is 0 Å². The number of hydrogen-bond donors (Lipinski definition) is 1. The second kappa shape index (κ2) is 3.87. The van der Waals surface area contributed by atoms with Gasteiger partial charge in [0.25, 0.3) is 14.2 Å². The molecule has 2 heterocycles. The van der Waals surface area contributed by atoms with E-state index < -0.39 is 14.2 Å². The molecule has 0 saturated heterocycles. The van der Waals surface area contributed by atoms with Crippen LogP contribution in [-0.2, 0) is 9.05 Å². The molecule has 2 aromatic heterocycles. The minimum absolute atomic E-state index is 0.241. The van der Waals surface area contributed by atoms with Gasteiger partial charge in [0.15, 0.2) is 0 Å². The molecule has 1 atom stereocenters. The van der Waals surface area contributed by atoms with Gasteiger partial charge in [-0.05, 0) is 13.0 Å². The molecule has 0 saturated carbocycles. The van der Waals surface area contributed by atoms with Crippen LogP contribution >= 0.6 is 10.7 Å². The van der Waals surface area contributed by atoms with E-state index in [1.165, 1.54) is 0 Å². The Kier molecular flexibility index (Phi) is 2.68. The fourth-order valence-corrected chi connectivity index (χ4v) is 1.76. The van der Waals surface area contributed by atoms with Gasteiger partial charge in [-0.1, -0.05) is 0 Å². The second-order valence-electron chi connectivity index (χ2n) is 3.10. The zero-order valence-electron chi connectivity index (χ0n) is 8.20. The Morgan fingerprint density at radius 3 is 2.81 bits per heavy atom. The van der Waals surface area contributed by atoms with Gasteiger partial charge >= 0.3 is 0 Å². The summed E-state index contributed by atoms with van der Waals surface area (Å²) in [5, 5.41) is 9.62. The van der Waals surface area contributed by atoms with Crippen molar-refractivity contribution in [2.24, 2.45) is 0 Å². The summed E-state index contributed by atoms with van der Waals surface area (Å²) >= 11 is 0. The van der Waals surface area contributed by atoms with Crippen molar-refractivity contribution in [1.82, 2.24) is 25.0 Å². The van der Waals surface area contributed by atoms with Crippen LogP contribution in [0.15, 0.2) is 23.6 Å². The van der Waals surface area contributed by atoms with Crippen molar-refractivity contribution in [2.75, 3.05) is 0 Å². The topological polar surface area (TPSA) is 93.5 Å². The van der Waals surface area contributed by atoms with Gasteiger partial charge in [0, 0.05) is 23.1 Å². The summed E-state index contributed by atoms with van der Waals surface area (Å²) in [7, 11) is 1.21. The van der Waals surface area contributed by atoms with Crippen LogP contribution in [-0.4, -0.2) is 33.4 Å². The zero-order valence-corrected chi connectivity index (χ0v) is 9.77. The van der Waals surface area contributed by atoms with Gasteiger partial charge in [-0.3, -0.25) is 9.78 Å². The van der Waals surface area contributed by atoms with E-state index in [1.54, 1.807) is 30.1 Å². The number of H-pyrrole nitrogens is 1. The Hall–Kier alpha value is -1.41. The summed E-state index contributed by atoms with van der Waals surface area (Å²) < 4.78 is 23.5. The van der Waals surface area contributed by atoms with Gasteiger partial charge in [0.2, 0.25) is 0 Å². The lowest BCUT2D eigenvalue weighted by molar-refractivity contribution is 0.537. The van der Waals surface area contributed by atoms with Crippen LogP contribution in [0.5, 0.6) is 0 Å². The van der Waals surface area contributed by atoms with Crippen LogP contribution in [0.3, 0.4) is 0 Å². The van der Waals surface area contributed by atoms with Gasteiger partial charge in [-0.25, -0.2) is 8.42 Å². The third-order valence-electron chi connectivity index (χ3n) is 2.02. The minimum Gasteiger partial charge on any atom is -0.262 e. The highest BCUT2D eigenvalue weighted by atomic mass is 35.7. The van der Waals surface area contributed by atoms with Crippen LogP contribution in [0.1, 0.15) is 18.8 Å². The lowest BCUT2D eigenvalue weighted by atomic mass is 10.3. The molecule has 2 rings (SSSR count). The van der Waals surface area contributed by atoms with Crippen LogP contribution in [0.25, 0.3) is 0 Å². The number of halogens is 1. The molecule has 16 heavy (non-hydrogen) atoms. The Morgan fingerprint density at radius 2 is 2.31 bits per heavy atom. The first kappa shape index (κ1) is 11.1. The molecule has 2 aromatic rings. The number of nitrogens with zero attached hydrogens (tertiary/aromatic N) is 4. The highest BCUT2D eigenvalue weighted by molar-refractivity contribution is 8.13. The fraction of sp³-hybridized carbons (Fsp3) is 0.286. The van der Waals surface area contributed by atoms with Crippen molar-refractivity contribution in [3.05, 3.63) is 24.3 Å². The standard InChI is InChI=1S/C7H8ClN5O2S/c1-5(13-4-2-3-9-13)6-10-7(12-11-6)16(8,14)15/h2-5H,1H3,(H,10,11,12). The summed E-state index contributed by atoms with van der Waals surface area (Å²) in [5.74, 6) is 0.378. The van der Waals surface area contributed by atoms with E-state index in [2.05, 4.69) is 20.3 Å². The molecule has 1 unspecified atom stereocenters. The van der Waals surface area contributed by atoms with Crippen molar-refractivity contribution in [1.29, 1.82) is 0 Å². The molecule has 0 aliphatic rings. The second-order valence-corrected chi connectivity index (χ2v) is 5.56. The first-order chi connectivity index (χ1) is 7.48. The predicted molar refractivity (Wildman–Crippen MR) is 55.5 cm³/mol. The number of nitrogens with one attached hydrogen (secondary N) is 1. The quantitative estimate of drug-likeness (QED) is 0.814. The monoisotopic (exact) mass is 261 g/mol. The Balaban J connectivity index is 2.33. The summed E-state index contributed by atoms with van der Waals surface area (Å²) in [5.41, 5.74) is 0. The highest BCUT2D eigenvalue weighted by Crippen LogP contribution is 2.15. The SMILES string of the molecule is CC(c1nc(S(=O)(=O)Cl)n[nH]1)n1cccn1. The smallest absolute Gasteiger partial charge is 0.262 e. The maximum absolute atomic E-state index is 11.0. The zero-order chi connectivity index (χ0) is 11.8. The van der Waals surface area contributed by atoms with Gasteiger partial charge < -0.3 is 0 Å². The molecule has 0 spiro atoms. The lowest BCUT2D eigenvalue weighted by Gasteiger charge is -2.07. The molecular weight excluding hydrogens is 254 g/mol. The number of hydrogen-bond acceptors (Lipinski definition) is 5. The summed E-state index contributed by atoms with van der Waals surface area (Å²) in [6.45, 7) is 1.80. The molecular formula is C7H8ClN5O2S. The van der Waals surface area contributed by atoms with Crippen molar-refractivity contribution in [3.63, 3.8) is 0 Å². The van der Waals surface area contributed by atoms with Gasteiger partial charge in [0.05, 0.1) is 0 Å². The number of aromatic amines is 1. The normalized spacial score (nSPS) is 13.9. The van der Waals surface area contributed by atoms with E-state index in [4.69, 9.17) is 10.7 Å². The molecule has 0 aliphatic heterocycles. The minimum atomic E-state index is -3.90. The average Bonchev–Trinajstić information content (AvgIpc) is 2.87. The van der Waals surface area contributed by atoms with E-state index in [0.29, 0.717) is 5.82 Å². The maximum atomic E-state index is 11.0. The molecule has 9 heteroatoms. The Morgan fingerprint density at radius 1 is 1.56 bits per heavy atom. The third kappa shape index (κ3) is 2.07. The van der Waals surface area contributed by atoms with E-state index in [0.717, 1.165) is 0 Å². The summed E-state index contributed by atoms with van der Waals surface area (Å²) in [6, 6.07) is 1.51. The number of rotatable bonds is 3. The van der Waals surface area contributed by atoms with Crippen LogP contribution < -0.4 is 0 Å². The van der Waals surface area contributed by atoms with E-state index in [1.807, 2.05) is 0 Å². The Bertz CT molecular complexity index is 576. The van der Waals surface area contributed by atoms with Gasteiger partial charge in [0.1, 0.15) is 11.9 Å². The lowest BCUT2D eigenvalue weighted by Crippen LogP contribution is -2.09. The molecule has 7 nitrogen and oxygen atoms in total. The largest absolute Gasteiger partial charge is 0.298 e. The molecule has 0 aliphatic carbocycles. The molecule has 0 amide bonds. The van der Waals surface area contributed by atoms with Gasteiger partial charge in [-0.2, -0.15) is 10.1 Å².